The van der Waals surface area contributed by atoms with Crippen molar-refractivity contribution in [3.8, 4) is 0 Å². The number of hydrogen-bond acceptors (Lipinski definition) is 3. The molecule has 5 nitrogen and oxygen atoms in total. The van der Waals surface area contributed by atoms with E-state index < -0.39 is 23.9 Å². The molecule has 0 spiro atoms. The van der Waals surface area contributed by atoms with Crippen LogP contribution in [0.3, 0.4) is 0 Å². The third kappa shape index (κ3) is 1.73. The number of nitrogens with zero attached hydrogens (tertiary/aromatic N) is 1. The second kappa shape index (κ2) is 4.39. The lowest BCUT2D eigenvalue weighted by Gasteiger charge is -2.31. The standard InChI is InChI=1S/C13H17NO4/c15-12(14-6-2-1-3-7-14)10-8-4-5-9(18-8)11(10)13(16)17/h4-5,8-11H,1-3,6-7H2,(H,16,17). The Kier molecular flexibility index (Phi) is 2.86. The van der Waals surface area contributed by atoms with Gasteiger partial charge in [0.05, 0.1) is 18.1 Å². The molecule has 3 aliphatic rings. The molecule has 0 saturated carbocycles. The molecule has 0 aromatic heterocycles. The van der Waals surface area contributed by atoms with Crippen LogP contribution in [0.4, 0.5) is 0 Å². The average molecular weight is 251 g/mol. The Bertz CT molecular complexity index is 400. The van der Waals surface area contributed by atoms with E-state index in [0.29, 0.717) is 0 Å². The van der Waals surface area contributed by atoms with Crippen LogP contribution < -0.4 is 0 Å². The number of likely N-dealkylation sites (tertiary alicyclic amines) is 1. The van der Waals surface area contributed by atoms with Crippen molar-refractivity contribution in [2.24, 2.45) is 11.8 Å². The van der Waals surface area contributed by atoms with Gasteiger partial charge in [0.15, 0.2) is 0 Å². The maximum absolute atomic E-state index is 12.5. The van der Waals surface area contributed by atoms with Gasteiger partial charge in [-0.25, -0.2) is 0 Å². The molecule has 0 aliphatic carbocycles. The summed E-state index contributed by atoms with van der Waals surface area (Å²) in [6.07, 6.45) is 6.01. The van der Waals surface area contributed by atoms with Gasteiger partial charge in [-0.1, -0.05) is 12.2 Å². The molecule has 2 saturated heterocycles. The largest absolute Gasteiger partial charge is 0.481 e. The summed E-state index contributed by atoms with van der Waals surface area (Å²) in [6, 6.07) is 0. The van der Waals surface area contributed by atoms with Crippen molar-refractivity contribution in [2.75, 3.05) is 13.1 Å². The molecule has 0 aromatic carbocycles. The van der Waals surface area contributed by atoms with Gasteiger partial charge in [0.1, 0.15) is 5.92 Å². The fourth-order valence-corrected chi connectivity index (χ4v) is 3.22. The topological polar surface area (TPSA) is 66.8 Å². The van der Waals surface area contributed by atoms with Crippen LogP contribution in [0.25, 0.3) is 0 Å². The predicted octanol–water partition coefficient (Wildman–Crippen LogP) is 0.653. The Morgan fingerprint density at radius 1 is 1.06 bits per heavy atom. The van der Waals surface area contributed by atoms with E-state index in [1.165, 1.54) is 0 Å². The van der Waals surface area contributed by atoms with E-state index in [2.05, 4.69) is 0 Å². The smallest absolute Gasteiger partial charge is 0.310 e. The van der Waals surface area contributed by atoms with Crippen LogP contribution in [0.2, 0.25) is 0 Å². The highest BCUT2D eigenvalue weighted by Gasteiger charge is 2.54. The molecule has 5 heteroatoms. The minimum Gasteiger partial charge on any atom is -0.481 e. The zero-order valence-electron chi connectivity index (χ0n) is 10.1. The molecular weight excluding hydrogens is 234 g/mol. The molecule has 4 unspecified atom stereocenters. The van der Waals surface area contributed by atoms with Gasteiger partial charge in [-0.15, -0.1) is 0 Å². The monoisotopic (exact) mass is 251 g/mol. The number of rotatable bonds is 2. The molecule has 2 bridgehead atoms. The zero-order chi connectivity index (χ0) is 12.7. The van der Waals surface area contributed by atoms with Gasteiger partial charge in [-0.05, 0) is 19.3 Å². The summed E-state index contributed by atoms with van der Waals surface area (Å²) in [4.78, 5) is 25.6. The van der Waals surface area contributed by atoms with E-state index in [1.807, 2.05) is 11.0 Å². The van der Waals surface area contributed by atoms with E-state index in [-0.39, 0.29) is 12.0 Å². The quantitative estimate of drug-likeness (QED) is 0.732. The van der Waals surface area contributed by atoms with Gasteiger partial charge in [0.2, 0.25) is 5.91 Å². The third-order valence-electron chi connectivity index (χ3n) is 4.14. The lowest BCUT2D eigenvalue weighted by atomic mass is 9.82. The minimum atomic E-state index is -0.929. The van der Waals surface area contributed by atoms with Crippen molar-refractivity contribution in [3.05, 3.63) is 12.2 Å². The number of carboxylic acid groups (broad SMARTS) is 1. The average Bonchev–Trinajstić information content (AvgIpc) is 2.99. The van der Waals surface area contributed by atoms with Crippen LogP contribution in [-0.4, -0.2) is 47.2 Å². The number of carboxylic acids is 1. The molecule has 4 atom stereocenters. The molecule has 0 radical (unpaired) electrons. The summed E-state index contributed by atoms with van der Waals surface area (Å²) in [6.45, 7) is 1.51. The van der Waals surface area contributed by atoms with E-state index in [0.717, 1.165) is 32.4 Å². The molecule has 0 aromatic rings. The highest BCUT2D eigenvalue weighted by Crippen LogP contribution is 2.40. The molecule has 3 rings (SSSR count). The summed E-state index contributed by atoms with van der Waals surface area (Å²) in [5.74, 6) is -2.22. The fraction of sp³-hybridized carbons (Fsp3) is 0.692. The molecule has 18 heavy (non-hydrogen) atoms. The maximum atomic E-state index is 12.5. The molecular formula is C13H17NO4. The number of ether oxygens (including phenoxy) is 1. The predicted molar refractivity (Wildman–Crippen MR) is 62.8 cm³/mol. The first kappa shape index (κ1) is 11.7. The Hall–Kier alpha value is -1.36. The van der Waals surface area contributed by atoms with Crippen LogP contribution in [-0.2, 0) is 14.3 Å². The number of carbonyl (C=O) groups is 2. The summed E-state index contributed by atoms with van der Waals surface area (Å²) < 4.78 is 5.53. The van der Waals surface area contributed by atoms with Gasteiger partial charge in [-0.2, -0.15) is 0 Å². The number of aliphatic carboxylic acids is 1. The van der Waals surface area contributed by atoms with Crippen LogP contribution >= 0.6 is 0 Å². The van der Waals surface area contributed by atoms with E-state index in [1.54, 1.807) is 6.08 Å². The van der Waals surface area contributed by atoms with Crippen molar-refractivity contribution in [1.82, 2.24) is 4.90 Å². The highest BCUT2D eigenvalue weighted by atomic mass is 16.5. The lowest BCUT2D eigenvalue weighted by molar-refractivity contribution is -0.149. The molecule has 1 amide bonds. The van der Waals surface area contributed by atoms with E-state index >= 15 is 0 Å². The molecule has 3 heterocycles. The van der Waals surface area contributed by atoms with Gasteiger partial charge in [-0.3, -0.25) is 9.59 Å². The number of fused-ring (bicyclic) bond motifs is 2. The van der Waals surface area contributed by atoms with Crippen LogP contribution in [0.5, 0.6) is 0 Å². The summed E-state index contributed by atoms with van der Waals surface area (Å²) in [5.41, 5.74) is 0. The Balaban J connectivity index is 1.79. The Morgan fingerprint density at radius 3 is 2.28 bits per heavy atom. The second-order valence-corrected chi connectivity index (χ2v) is 5.23. The highest BCUT2D eigenvalue weighted by molar-refractivity contribution is 5.87. The summed E-state index contributed by atoms with van der Waals surface area (Å²) in [5, 5.41) is 9.27. The van der Waals surface area contributed by atoms with Gasteiger partial charge >= 0.3 is 5.97 Å². The number of carbonyl (C=O) groups excluding carboxylic acids is 1. The van der Waals surface area contributed by atoms with Crippen molar-refractivity contribution >= 4 is 11.9 Å². The van der Waals surface area contributed by atoms with Crippen molar-refractivity contribution in [3.63, 3.8) is 0 Å². The SMILES string of the molecule is O=C(O)C1C2C=CC(O2)C1C(=O)N1CCCCC1. The molecule has 98 valence electrons. The number of hydrogen-bond donors (Lipinski definition) is 1. The summed E-state index contributed by atoms with van der Waals surface area (Å²) in [7, 11) is 0. The Morgan fingerprint density at radius 2 is 1.67 bits per heavy atom. The normalized spacial score (nSPS) is 38.1. The summed E-state index contributed by atoms with van der Waals surface area (Å²) >= 11 is 0. The van der Waals surface area contributed by atoms with Crippen LogP contribution in [0.1, 0.15) is 19.3 Å². The first-order valence-electron chi connectivity index (χ1n) is 6.54. The van der Waals surface area contributed by atoms with Crippen molar-refractivity contribution in [2.45, 2.75) is 31.5 Å². The third-order valence-corrected chi connectivity index (χ3v) is 4.14. The maximum Gasteiger partial charge on any atom is 0.310 e. The van der Waals surface area contributed by atoms with Gasteiger partial charge in [0, 0.05) is 13.1 Å². The first-order valence-corrected chi connectivity index (χ1v) is 6.54. The molecule has 1 N–H and O–H groups in total. The van der Waals surface area contributed by atoms with E-state index in [4.69, 9.17) is 4.74 Å². The minimum absolute atomic E-state index is 0.0426. The van der Waals surface area contributed by atoms with Crippen molar-refractivity contribution in [1.29, 1.82) is 0 Å². The van der Waals surface area contributed by atoms with Crippen LogP contribution in [0, 0.1) is 11.8 Å². The fourth-order valence-electron chi connectivity index (χ4n) is 3.22. The van der Waals surface area contributed by atoms with Crippen LogP contribution in [0.15, 0.2) is 12.2 Å². The molecule has 3 aliphatic heterocycles. The zero-order valence-corrected chi connectivity index (χ0v) is 10.1. The number of amides is 1. The van der Waals surface area contributed by atoms with E-state index in [9.17, 15) is 14.7 Å². The first-order chi connectivity index (χ1) is 8.68. The Labute approximate surface area is 105 Å². The van der Waals surface area contributed by atoms with Gasteiger partial charge < -0.3 is 14.7 Å². The lowest BCUT2D eigenvalue weighted by Crippen LogP contribution is -2.46. The molecule has 2 fully saturated rings. The van der Waals surface area contributed by atoms with Gasteiger partial charge in [0.25, 0.3) is 0 Å². The number of piperidine rings is 1. The van der Waals surface area contributed by atoms with Crippen molar-refractivity contribution < 1.29 is 19.4 Å². The second-order valence-electron chi connectivity index (χ2n) is 5.23.